The standard InChI is InChI=1S/C36H31N19/c1-3-4-26(23-6-8-25(32-45-11-38-12-46-32)30(36-53-19-42-20-54-36)28(23)34-49-15-40-16-50-34)55-21(2)22-5-7-24(31-43-9-37-10-44-31)29(35-51-17-41-18-52-35)27(22)33-47-13-39-14-48-33/h4-11,13-21,31,55H,3,12H2,1-2H3,(H,37,43,44)(H,38,45,46)/b26-4-. The second-order valence-electron chi connectivity index (χ2n) is 11.8. The number of nitrogens with one attached hydrogen (secondary N) is 3. The van der Waals surface area contributed by atoms with Crippen molar-refractivity contribution in [3.8, 4) is 45.6 Å². The third kappa shape index (κ3) is 7.08. The lowest BCUT2D eigenvalue weighted by Crippen LogP contribution is -2.27. The van der Waals surface area contributed by atoms with E-state index in [1.807, 2.05) is 24.3 Å². The van der Waals surface area contributed by atoms with Crippen molar-refractivity contribution in [1.82, 2.24) is 75.8 Å². The van der Waals surface area contributed by atoms with Crippen molar-refractivity contribution >= 4 is 30.5 Å². The van der Waals surface area contributed by atoms with Crippen LogP contribution < -0.4 is 16.0 Å². The van der Waals surface area contributed by atoms with E-state index in [1.54, 1.807) is 19.0 Å². The van der Waals surface area contributed by atoms with Crippen molar-refractivity contribution in [3.05, 3.63) is 103 Å². The first-order valence-electron chi connectivity index (χ1n) is 17.1. The fourth-order valence-electron chi connectivity index (χ4n) is 6.34. The third-order valence-electron chi connectivity index (χ3n) is 8.60. The van der Waals surface area contributed by atoms with Gasteiger partial charge in [-0.25, -0.2) is 74.8 Å². The fourth-order valence-corrected chi connectivity index (χ4v) is 6.34. The zero-order valence-electron chi connectivity index (χ0n) is 29.5. The molecule has 0 fully saturated rings. The summed E-state index contributed by atoms with van der Waals surface area (Å²) in [4.78, 5) is 71.0. The Labute approximate surface area is 313 Å². The monoisotopic (exact) mass is 729 g/mol. The molecule has 270 valence electrons. The molecule has 1 unspecified atom stereocenters. The highest BCUT2D eigenvalue weighted by Gasteiger charge is 2.29. The van der Waals surface area contributed by atoms with Gasteiger partial charge in [0, 0.05) is 50.7 Å². The van der Waals surface area contributed by atoms with Crippen LogP contribution in [0.15, 0.2) is 101 Å². The van der Waals surface area contributed by atoms with Crippen LogP contribution in [0, 0.1) is 0 Å². The first kappa shape index (κ1) is 34.4. The molecule has 6 heterocycles. The van der Waals surface area contributed by atoms with Gasteiger partial charge in [0.25, 0.3) is 0 Å². The zero-order valence-corrected chi connectivity index (χ0v) is 29.5. The van der Waals surface area contributed by atoms with E-state index in [2.05, 4.69) is 116 Å². The summed E-state index contributed by atoms with van der Waals surface area (Å²) >= 11 is 0. The van der Waals surface area contributed by atoms with Crippen LogP contribution in [0.3, 0.4) is 0 Å². The number of amidine groups is 1. The Morgan fingerprint density at radius 1 is 0.691 bits per heavy atom. The summed E-state index contributed by atoms with van der Waals surface area (Å²) in [7, 11) is 0. The van der Waals surface area contributed by atoms with E-state index >= 15 is 0 Å². The van der Waals surface area contributed by atoms with Crippen molar-refractivity contribution in [2.75, 3.05) is 6.67 Å². The summed E-state index contributed by atoms with van der Waals surface area (Å²) < 4.78 is 0. The number of rotatable bonds is 11. The summed E-state index contributed by atoms with van der Waals surface area (Å²) in [6.07, 6.45) is 18.7. The minimum Gasteiger partial charge on any atom is -0.378 e. The summed E-state index contributed by atoms with van der Waals surface area (Å²) in [5.41, 5.74) is 6.61. The van der Waals surface area contributed by atoms with E-state index in [0.29, 0.717) is 57.8 Å². The van der Waals surface area contributed by atoms with Gasteiger partial charge in [0.1, 0.15) is 63.1 Å². The van der Waals surface area contributed by atoms with Crippen LogP contribution in [0.4, 0.5) is 0 Å². The number of hydrogen-bond donors (Lipinski definition) is 3. The second kappa shape index (κ2) is 15.9. The van der Waals surface area contributed by atoms with Gasteiger partial charge in [-0.15, -0.1) is 0 Å². The Bertz CT molecular complexity index is 2420. The largest absolute Gasteiger partial charge is 0.378 e. The van der Waals surface area contributed by atoms with Gasteiger partial charge in [-0.1, -0.05) is 31.2 Å². The maximum absolute atomic E-state index is 4.63. The van der Waals surface area contributed by atoms with Crippen LogP contribution in [-0.2, 0) is 0 Å². The number of aliphatic imine (C=N–C) groups is 4. The van der Waals surface area contributed by atoms with Crippen molar-refractivity contribution in [3.63, 3.8) is 0 Å². The van der Waals surface area contributed by atoms with Crippen molar-refractivity contribution in [2.24, 2.45) is 20.0 Å². The predicted octanol–water partition coefficient (Wildman–Crippen LogP) is 3.19. The molecule has 0 amide bonds. The molecule has 4 aromatic heterocycles. The average molecular weight is 730 g/mol. The van der Waals surface area contributed by atoms with E-state index in [1.165, 1.54) is 50.6 Å². The number of hydrogen-bond acceptors (Lipinski definition) is 19. The fraction of sp³-hybridized carbons (Fsp3) is 0.167. The van der Waals surface area contributed by atoms with Crippen LogP contribution in [0.2, 0.25) is 0 Å². The molecule has 19 nitrogen and oxygen atoms in total. The minimum atomic E-state index is -0.564. The molecule has 3 N–H and O–H groups in total. The topological polar surface area (TPSA) is 240 Å². The Morgan fingerprint density at radius 2 is 1.25 bits per heavy atom. The summed E-state index contributed by atoms with van der Waals surface area (Å²) in [5, 5.41) is 9.88. The van der Waals surface area contributed by atoms with Crippen LogP contribution >= 0.6 is 0 Å². The highest BCUT2D eigenvalue weighted by molar-refractivity contribution is 6.12. The second-order valence-corrected chi connectivity index (χ2v) is 11.8. The van der Waals surface area contributed by atoms with Gasteiger partial charge in [0.05, 0.1) is 19.0 Å². The highest BCUT2D eigenvalue weighted by Crippen LogP contribution is 2.42. The maximum atomic E-state index is 4.63. The number of benzene rings is 2. The maximum Gasteiger partial charge on any atom is 0.169 e. The Kier molecular flexibility index (Phi) is 9.94. The summed E-state index contributed by atoms with van der Waals surface area (Å²) in [6, 6.07) is 7.63. The molecule has 2 aliphatic rings. The van der Waals surface area contributed by atoms with Gasteiger partial charge >= 0.3 is 0 Å². The molecule has 19 heteroatoms. The lowest BCUT2D eigenvalue weighted by Gasteiger charge is -2.26. The van der Waals surface area contributed by atoms with E-state index < -0.39 is 6.17 Å². The van der Waals surface area contributed by atoms with Crippen LogP contribution in [0.1, 0.15) is 54.7 Å². The van der Waals surface area contributed by atoms with Crippen LogP contribution in [-0.4, -0.2) is 91.3 Å². The smallest absolute Gasteiger partial charge is 0.169 e. The van der Waals surface area contributed by atoms with Crippen LogP contribution in [0.5, 0.6) is 0 Å². The van der Waals surface area contributed by atoms with Gasteiger partial charge in [-0.05, 0) is 25.0 Å². The van der Waals surface area contributed by atoms with Gasteiger partial charge in [-0.2, -0.15) is 0 Å². The average Bonchev–Trinajstić information content (AvgIpc) is 3.27. The number of nitrogens with zero attached hydrogens (tertiary/aromatic N) is 16. The number of allylic oxidation sites excluding steroid dienone is 1. The predicted molar refractivity (Wildman–Crippen MR) is 204 cm³/mol. The molecule has 0 spiro atoms. The molecule has 55 heavy (non-hydrogen) atoms. The number of aromatic nitrogens is 12. The SMILES string of the molecule is CC/C=C(\NC(C)c1ccc(C2N=CNC=N2)c(-c2ncncn2)c1-c1ncncn1)c1ccc(C2=NCN=CN2)c(-c2ncncn2)c1-c1ncncn1. The minimum absolute atomic E-state index is 0.271. The summed E-state index contributed by atoms with van der Waals surface area (Å²) in [6.45, 7) is 4.40. The molecule has 0 saturated carbocycles. The lowest BCUT2D eigenvalue weighted by atomic mass is 9.89. The molecule has 6 aromatic rings. The van der Waals surface area contributed by atoms with Crippen LogP contribution in [0.25, 0.3) is 51.2 Å². The van der Waals surface area contributed by atoms with Gasteiger partial charge in [0.2, 0.25) is 0 Å². The molecule has 0 bridgehead atoms. The summed E-state index contributed by atoms with van der Waals surface area (Å²) in [5.74, 6) is 2.28. The molecule has 0 aliphatic carbocycles. The van der Waals surface area contributed by atoms with Gasteiger partial charge in [0.15, 0.2) is 29.5 Å². The Hall–Kier alpha value is -7.70. The van der Waals surface area contributed by atoms with Crippen molar-refractivity contribution in [2.45, 2.75) is 32.5 Å². The van der Waals surface area contributed by atoms with E-state index in [-0.39, 0.29) is 12.7 Å². The van der Waals surface area contributed by atoms with Gasteiger partial charge in [-0.3, -0.25) is 4.99 Å². The molecule has 8 rings (SSSR count). The van der Waals surface area contributed by atoms with E-state index in [4.69, 9.17) is 0 Å². The molecule has 2 aliphatic heterocycles. The van der Waals surface area contributed by atoms with Crippen molar-refractivity contribution < 1.29 is 0 Å². The molecular formula is C36H31N19. The molecule has 0 radical (unpaired) electrons. The molecule has 1 atom stereocenters. The van der Waals surface area contributed by atoms with Crippen molar-refractivity contribution in [1.29, 1.82) is 0 Å². The first-order chi connectivity index (χ1) is 27.2. The first-order valence-corrected chi connectivity index (χ1v) is 17.1. The third-order valence-corrected chi connectivity index (χ3v) is 8.60. The zero-order chi connectivity index (χ0) is 37.4. The van der Waals surface area contributed by atoms with Gasteiger partial charge < -0.3 is 16.0 Å². The Morgan fingerprint density at radius 3 is 1.82 bits per heavy atom. The van der Waals surface area contributed by atoms with E-state index in [9.17, 15) is 0 Å². The Balaban J connectivity index is 1.32. The molecule has 0 saturated heterocycles. The van der Waals surface area contributed by atoms with E-state index in [0.717, 1.165) is 28.0 Å². The molecular weight excluding hydrogens is 699 g/mol. The highest BCUT2D eigenvalue weighted by atomic mass is 15.1. The quantitative estimate of drug-likeness (QED) is 0.173. The molecule has 2 aromatic carbocycles. The normalized spacial score (nSPS) is 14.5. The lowest BCUT2D eigenvalue weighted by molar-refractivity contribution is 0.697.